The van der Waals surface area contributed by atoms with Crippen molar-refractivity contribution in [1.82, 2.24) is 14.9 Å². The molecule has 0 saturated carbocycles. The van der Waals surface area contributed by atoms with Crippen LogP contribution >= 0.6 is 0 Å². The van der Waals surface area contributed by atoms with E-state index < -0.39 is 17.5 Å². The highest BCUT2D eigenvalue weighted by Crippen LogP contribution is 2.32. The van der Waals surface area contributed by atoms with Crippen LogP contribution in [0.4, 0.5) is 10.1 Å². The number of fused-ring (bicyclic) bond motifs is 1. The second-order valence-corrected chi connectivity index (χ2v) is 8.90. The fraction of sp³-hybridized carbons (Fsp3) is 0.321. The fourth-order valence-corrected chi connectivity index (χ4v) is 4.36. The number of hydrogen-bond donors (Lipinski definition) is 2. The number of allylic oxidation sites excluding steroid dienone is 1. The molecule has 1 aliphatic heterocycles. The van der Waals surface area contributed by atoms with Crippen LogP contribution in [-0.4, -0.2) is 45.1 Å². The zero-order valence-corrected chi connectivity index (χ0v) is 21.4. The lowest BCUT2D eigenvalue weighted by Gasteiger charge is -2.34. The summed E-state index contributed by atoms with van der Waals surface area (Å²) in [6, 6.07) is 8.01. The average Bonchev–Trinajstić information content (AvgIpc) is 3.33. The Morgan fingerprint density at radius 3 is 2.59 bits per heavy atom. The maximum Gasteiger partial charge on any atom is 0.295 e. The van der Waals surface area contributed by atoms with Crippen molar-refractivity contribution < 1.29 is 18.8 Å². The van der Waals surface area contributed by atoms with E-state index in [0.29, 0.717) is 29.7 Å². The van der Waals surface area contributed by atoms with E-state index in [0.717, 1.165) is 11.6 Å². The molecule has 0 bridgehead atoms. The van der Waals surface area contributed by atoms with Gasteiger partial charge in [-0.2, -0.15) is 5.26 Å². The van der Waals surface area contributed by atoms with E-state index in [4.69, 9.17) is 0 Å². The van der Waals surface area contributed by atoms with Gasteiger partial charge in [0.15, 0.2) is 0 Å². The van der Waals surface area contributed by atoms with Crippen molar-refractivity contribution in [3.8, 4) is 6.07 Å². The zero-order chi connectivity index (χ0) is 27.1. The van der Waals surface area contributed by atoms with Crippen LogP contribution in [0.2, 0.25) is 0 Å². The molecule has 2 aromatic heterocycles. The molecule has 0 spiro atoms. The van der Waals surface area contributed by atoms with Gasteiger partial charge >= 0.3 is 0 Å². The number of Topliss-reactive ketones (excluding diaryl/α,β-unsaturated/α-hetero) is 1. The molecular weight excluding hydrogens is 473 g/mol. The van der Waals surface area contributed by atoms with Crippen LogP contribution in [0.1, 0.15) is 62.9 Å². The van der Waals surface area contributed by atoms with Crippen molar-refractivity contribution in [2.75, 3.05) is 11.9 Å². The summed E-state index contributed by atoms with van der Waals surface area (Å²) >= 11 is 0. The SMILES string of the molecule is CC(=O)Nc1ccc(F)c2c(C(=O)C(=O)N3CC/C(=C(\C#N)c4cccnc4)CC3C)c[nH]c12.CCC. The quantitative estimate of drug-likeness (QED) is 0.286. The lowest BCUT2D eigenvalue weighted by atomic mass is 9.90. The number of aromatic amines is 1. The molecule has 1 saturated heterocycles. The standard InChI is InChI=1S/C25H22FN5O3.C3H8/c1-14-10-16(18(11-27)17-4-3-8-28-12-17)7-9-31(14)25(34)24(33)19-13-29-23-21(30-15(2)32)6-5-20(26)22(19)23;1-3-2/h3-6,8,12-14,29H,7,9-10H2,1-2H3,(H,30,32);3H2,1-2H3/b18-16-;. The maximum absolute atomic E-state index is 14.6. The first kappa shape index (κ1) is 27.3. The highest BCUT2D eigenvalue weighted by molar-refractivity contribution is 6.45. The minimum absolute atomic E-state index is 0.0433. The van der Waals surface area contributed by atoms with E-state index >= 15 is 0 Å². The molecular formula is C28H30FN5O3. The number of carbonyl (C=O) groups excluding carboxylic acids is 3. The van der Waals surface area contributed by atoms with Gasteiger partial charge < -0.3 is 15.2 Å². The minimum Gasteiger partial charge on any atom is -0.359 e. The van der Waals surface area contributed by atoms with Gasteiger partial charge in [0.2, 0.25) is 5.91 Å². The number of nitriles is 1. The van der Waals surface area contributed by atoms with E-state index in [1.165, 1.54) is 30.5 Å². The second kappa shape index (κ2) is 12.1. The van der Waals surface area contributed by atoms with E-state index in [9.17, 15) is 24.0 Å². The number of pyridine rings is 1. The van der Waals surface area contributed by atoms with Gasteiger partial charge in [0.25, 0.3) is 11.7 Å². The van der Waals surface area contributed by atoms with Gasteiger partial charge in [-0.05, 0) is 43.5 Å². The molecule has 1 aromatic carbocycles. The van der Waals surface area contributed by atoms with Crippen molar-refractivity contribution in [3.63, 3.8) is 0 Å². The number of anilines is 1. The molecule has 2 N–H and O–H groups in total. The number of nitrogens with one attached hydrogen (secondary N) is 2. The van der Waals surface area contributed by atoms with Crippen LogP contribution in [-0.2, 0) is 9.59 Å². The minimum atomic E-state index is -0.836. The summed E-state index contributed by atoms with van der Waals surface area (Å²) in [7, 11) is 0. The van der Waals surface area contributed by atoms with Gasteiger partial charge in [-0.15, -0.1) is 0 Å². The number of H-pyrrole nitrogens is 1. The van der Waals surface area contributed by atoms with Crippen molar-refractivity contribution in [2.24, 2.45) is 0 Å². The van der Waals surface area contributed by atoms with E-state index in [-0.39, 0.29) is 35.0 Å². The highest BCUT2D eigenvalue weighted by Gasteiger charge is 2.33. The lowest BCUT2D eigenvalue weighted by molar-refractivity contribution is -0.128. The van der Waals surface area contributed by atoms with E-state index in [2.05, 4.69) is 35.2 Å². The number of rotatable bonds is 4. The van der Waals surface area contributed by atoms with Gasteiger partial charge in [-0.1, -0.05) is 26.3 Å². The number of benzene rings is 1. The Labute approximate surface area is 215 Å². The Hall–Kier alpha value is -4.32. The summed E-state index contributed by atoms with van der Waals surface area (Å²) in [5, 5.41) is 12.2. The molecule has 3 aromatic rings. The van der Waals surface area contributed by atoms with Gasteiger partial charge in [-0.3, -0.25) is 19.4 Å². The summed E-state index contributed by atoms with van der Waals surface area (Å²) in [5.41, 5.74) is 2.60. The van der Waals surface area contributed by atoms with Crippen LogP contribution in [0.25, 0.3) is 16.5 Å². The maximum atomic E-state index is 14.6. The molecule has 0 aliphatic carbocycles. The van der Waals surface area contributed by atoms with Crippen LogP contribution in [0, 0.1) is 17.1 Å². The molecule has 8 nitrogen and oxygen atoms in total. The number of carbonyl (C=O) groups is 3. The number of halogens is 1. The molecule has 1 unspecified atom stereocenters. The largest absolute Gasteiger partial charge is 0.359 e. The van der Waals surface area contributed by atoms with Gasteiger partial charge in [0, 0.05) is 49.1 Å². The van der Waals surface area contributed by atoms with Crippen LogP contribution in [0.15, 0.2) is 48.4 Å². The summed E-state index contributed by atoms with van der Waals surface area (Å²) in [5.74, 6) is -2.59. The molecule has 1 fully saturated rings. The number of aromatic nitrogens is 2. The molecule has 0 radical (unpaired) electrons. The summed E-state index contributed by atoms with van der Waals surface area (Å²) < 4.78 is 14.6. The first-order chi connectivity index (χ1) is 17.7. The van der Waals surface area contributed by atoms with Crippen LogP contribution < -0.4 is 5.32 Å². The Morgan fingerprint density at radius 2 is 2.00 bits per heavy atom. The van der Waals surface area contributed by atoms with Crippen molar-refractivity contribution >= 4 is 39.8 Å². The average molecular weight is 504 g/mol. The first-order valence-corrected chi connectivity index (χ1v) is 12.2. The third kappa shape index (κ3) is 5.92. The normalized spacial score (nSPS) is 16.3. The molecule has 192 valence electrons. The van der Waals surface area contributed by atoms with Gasteiger partial charge in [0.05, 0.1) is 28.4 Å². The molecule has 3 heterocycles. The fourth-order valence-electron chi connectivity index (χ4n) is 4.36. The molecule has 1 aliphatic rings. The molecule has 4 rings (SSSR count). The second-order valence-electron chi connectivity index (χ2n) is 8.90. The number of amides is 2. The topological polar surface area (TPSA) is 119 Å². The van der Waals surface area contributed by atoms with Crippen LogP contribution in [0.3, 0.4) is 0 Å². The monoisotopic (exact) mass is 503 g/mol. The Balaban J connectivity index is 0.00000121. The lowest BCUT2D eigenvalue weighted by Crippen LogP contribution is -2.46. The van der Waals surface area contributed by atoms with Crippen molar-refractivity contribution in [2.45, 2.75) is 53.0 Å². The first-order valence-electron chi connectivity index (χ1n) is 12.2. The highest BCUT2D eigenvalue weighted by atomic mass is 19.1. The Morgan fingerprint density at radius 1 is 1.27 bits per heavy atom. The number of ketones is 1. The molecule has 2 amide bonds. The number of hydrogen-bond acceptors (Lipinski definition) is 5. The summed E-state index contributed by atoms with van der Waals surface area (Å²) in [6.07, 6.45) is 6.67. The third-order valence-corrected chi connectivity index (χ3v) is 5.94. The molecule has 1 atom stereocenters. The predicted octanol–water partition coefficient (Wildman–Crippen LogP) is 5.25. The summed E-state index contributed by atoms with van der Waals surface area (Å²) in [4.78, 5) is 46.0. The van der Waals surface area contributed by atoms with Crippen LogP contribution in [0.5, 0.6) is 0 Å². The van der Waals surface area contributed by atoms with Crippen molar-refractivity contribution in [3.05, 3.63) is 65.4 Å². The predicted molar refractivity (Wildman–Crippen MR) is 140 cm³/mol. The third-order valence-electron chi connectivity index (χ3n) is 5.94. The number of likely N-dealkylation sites (tertiary alicyclic amines) is 1. The number of nitrogens with zero attached hydrogens (tertiary/aromatic N) is 3. The smallest absolute Gasteiger partial charge is 0.295 e. The zero-order valence-electron chi connectivity index (χ0n) is 21.4. The van der Waals surface area contributed by atoms with Crippen molar-refractivity contribution in [1.29, 1.82) is 5.26 Å². The Bertz CT molecular complexity index is 1390. The number of piperidine rings is 1. The van der Waals surface area contributed by atoms with E-state index in [1.54, 1.807) is 18.5 Å². The molecule has 37 heavy (non-hydrogen) atoms. The van der Waals surface area contributed by atoms with Gasteiger partial charge in [0.1, 0.15) is 5.82 Å². The Kier molecular flexibility index (Phi) is 8.90. The van der Waals surface area contributed by atoms with Gasteiger partial charge in [-0.25, -0.2) is 4.39 Å². The van der Waals surface area contributed by atoms with E-state index in [1.807, 2.05) is 13.0 Å². The molecule has 9 heteroatoms. The summed E-state index contributed by atoms with van der Waals surface area (Å²) in [6.45, 7) is 7.64.